The van der Waals surface area contributed by atoms with Crippen molar-refractivity contribution in [3.8, 4) is 11.5 Å². The minimum atomic E-state index is -4.23. The van der Waals surface area contributed by atoms with Gasteiger partial charge in [-0.15, -0.1) is 0 Å². The molecule has 1 aliphatic rings. The monoisotopic (exact) mass is 647 g/mol. The topological polar surface area (TPSA) is 105 Å². The number of carbonyl (C=O) groups is 2. The zero-order valence-electron chi connectivity index (χ0n) is 24.5. The zero-order chi connectivity index (χ0) is 31.4. The molecule has 0 saturated heterocycles. The Hall–Kier alpha value is -3.47. The summed E-state index contributed by atoms with van der Waals surface area (Å²) in [6.45, 7) is 7.34. The molecule has 230 valence electrons. The fourth-order valence-electron chi connectivity index (χ4n) is 4.64. The Morgan fingerprint density at radius 3 is 2.26 bits per heavy atom. The average molecular weight is 649 g/mol. The second-order valence-corrected chi connectivity index (χ2v) is 13.8. The summed E-state index contributed by atoms with van der Waals surface area (Å²) in [6, 6.07) is 16.5. The molecule has 0 radical (unpaired) electrons. The summed E-state index contributed by atoms with van der Waals surface area (Å²) >= 11 is 12.6. The third-order valence-electron chi connectivity index (χ3n) is 6.66. The summed E-state index contributed by atoms with van der Waals surface area (Å²) in [5, 5.41) is 3.68. The van der Waals surface area contributed by atoms with Crippen molar-refractivity contribution in [1.29, 1.82) is 0 Å². The smallest absolute Gasteiger partial charge is 0.264 e. The van der Waals surface area contributed by atoms with E-state index in [9.17, 15) is 18.0 Å². The van der Waals surface area contributed by atoms with Gasteiger partial charge in [0.2, 0.25) is 11.8 Å². The molecule has 0 aliphatic carbocycles. The number of ether oxygens (including phenoxy) is 2. The predicted octanol–water partition coefficient (Wildman–Crippen LogP) is 5.68. The molecule has 0 unspecified atom stereocenters. The Balaban J connectivity index is 1.78. The predicted molar refractivity (Wildman–Crippen MR) is 167 cm³/mol. The quantitative estimate of drug-likeness (QED) is 0.303. The minimum absolute atomic E-state index is 0.00232. The number of nitrogens with zero attached hydrogens (tertiary/aromatic N) is 2. The summed E-state index contributed by atoms with van der Waals surface area (Å²) in [6.07, 6.45) is 0.272. The lowest BCUT2D eigenvalue weighted by Gasteiger charge is -2.35. The molecule has 0 saturated carbocycles. The van der Waals surface area contributed by atoms with Gasteiger partial charge in [-0.05, 0) is 69.2 Å². The summed E-state index contributed by atoms with van der Waals surface area (Å²) in [5.41, 5.74) is 0.196. The van der Waals surface area contributed by atoms with Crippen molar-refractivity contribution in [3.63, 3.8) is 0 Å². The van der Waals surface area contributed by atoms with Crippen LogP contribution in [0.15, 0.2) is 71.6 Å². The number of benzene rings is 3. The van der Waals surface area contributed by atoms with Crippen molar-refractivity contribution < 1.29 is 27.5 Å². The van der Waals surface area contributed by atoms with Gasteiger partial charge in [-0.25, -0.2) is 8.42 Å². The number of halogens is 2. The Bertz CT molecular complexity index is 1580. The van der Waals surface area contributed by atoms with Gasteiger partial charge >= 0.3 is 0 Å². The first-order chi connectivity index (χ1) is 20.3. The highest BCUT2D eigenvalue weighted by molar-refractivity contribution is 7.92. The second kappa shape index (κ2) is 13.4. The highest BCUT2D eigenvalue weighted by Gasteiger charge is 2.35. The Kier molecular flexibility index (Phi) is 10.1. The lowest BCUT2D eigenvalue weighted by atomic mass is 10.1. The highest BCUT2D eigenvalue weighted by atomic mass is 35.5. The zero-order valence-corrected chi connectivity index (χ0v) is 26.8. The molecule has 1 heterocycles. The summed E-state index contributed by atoms with van der Waals surface area (Å²) < 4.78 is 40.4. The molecular formula is C31H35Cl2N3O6S. The molecule has 3 aromatic carbocycles. The van der Waals surface area contributed by atoms with Crippen molar-refractivity contribution in [3.05, 3.63) is 82.3 Å². The molecule has 1 aliphatic heterocycles. The number of nitrogens with one attached hydrogen (secondary N) is 1. The molecule has 9 nitrogen and oxygen atoms in total. The number of rotatable bonds is 10. The minimum Gasteiger partial charge on any atom is -0.486 e. The van der Waals surface area contributed by atoms with E-state index in [0.717, 1.165) is 4.31 Å². The number of carbonyl (C=O) groups excluding carboxylic acids is 2. The molecule has 2 amide bonds. The van der Waals surface area contributed by atoms with Crippen LogP contribution in [0, 0.1) is 0 Å². The maximum absolute atomic E-state index is 14.3. The van der Waals surface area contributed by atoms with Gasteiger partial charge in [-0.2, -0.15) is 0 Å². The molecule has 0 fully saturated rings. The van der Waals surface area contributed by atoms with Crippen molar-refractivity contribution in [2.75, 3.05) is 24.1 Å². The Morgan fingerprint density at radius 2 is 1.63 bits per heavy atom. The molecule has 3 aromatic rings. The highest BCUT2D eigenvalue weighted by Crippen LogP contribution is 2.36. The van der Waals surface area contributed by atoms with Crippen molar-refractivity contribution in [2.24, 2.45) is 0 Å². The lowest BCUT2D eigenvalue weighted by molar-refractivity contribution is -0.141. The summed E-state index contributed by atoms with van der Waals surface area (Å²) in [4.78, 5) is 29.1. The van der Waals surface area contributed by atoms with E-state index in [1.165, 1.54) is 23.1 Å². The van der Waals surface area contributed by atoms with E-state index in [0.29, 0.717) is 40.3 Å². The number of hydrogen-bond acceptors (Lipinski definition) is 6. The van der Waals surface area contributed by atoms with Crippen LogP contribution < -0.4 is 19.1 Å². The SMILES string of the molecule is CC[C@H](C(=O)NC(C)(C)C)N(Cc1ccc(Cl)cc1Cl)C(=O)CN(c1ccc2c(c1)OCCO2)S(=O)(=O)c1ccccc1. The van der Waals surface area contributed by atoms with Gasteiger partial charge in [-0.1, -0.05) is 54.4 Å². The van der Waals surface area contributed by atoms with Gasteiger partial charge in [0.15, 0.2) is 11.5 Å². The fraction of sp³-hybridized carbons (Fsp3) is 0.355. The van der Waals surface area contributed by atoms with Crippen LogP contribution in [0.3, 0.4) is 0 Å². The Morgan fingerprint density at radius 1 is 0.953 bits per heavy atom. The van der Waals surface area contributed by atoms with Crippen LogP contribution in [0.1, 0.15) is 39.7 Å². The largest absolute Gasteiger partial charge is 0.486 e. The molecule has 4 rings (SSSR count). The van der Waals surface area contributed by atoms with Gasteiger partial charge < -0.3 is 19.7 Å². The third kappa shape index (κ3) is 7.93. The number of hydrogen-bond donors (Lipinski definition) is 1. The molecule has 12 heteroatoms. The molecule has 1 atom stereocenters. The summed E-state index contributed by atoms with van der Waals surface area (Å²) in [7, 11) is -4.23. The van der Waals surface area contributed by atoms with E-state index in [1.54, 1.807) is 55.5 Å². The normalized spacial score (nSPS) is 13.6. The van der Waals surface area contributed by atoms with E-state index < -0.39 is 34.1 Å². The average Bonchev–Trinajstić information content (AvgIpc) is 2.96. The summed E-state index contributed by atoms with van der Waals surface area (Å²) in [5.74, 6) is -0.130. The maximum Gasteiger partial charge on any atom is 0.264 e. The van der Waals surface area contributed by atoms with Crippen molar-refractivity contribution >= 4 is 50.7 Å². The maximum atomic E-state index is 14.3. The molecule has 0 bridgehead atoms. The third-order valence-corrected chi connectivity index (χ3v) is 9.04. The van der Waals surface area contributed by atoms with Gasteiger partial charge in [0.1, 0.15) is 25.8 Å². The van der Waals surface area contributed by atoms with Gasteiger partial charge in [0, 0.05) is 28.2 Å². The Labute approximate surface area is 262 Å². The number of anilines is 1. The van der Waals surface area contributed by atoms with E-state index in [2.05, 4.69) is 5.32 Å². The van der Waals surface area contributed by atoms with Crippen LogP contribution in [0.2, 0.25) is 10.0 Å². The van der Waals surface area contributed by atoms with Gasteiger partial charge in [0.05, 0.1) is 10.6 Å². The van der Waals surface area contributed by atoms with E-state index in [4.69, 9.17) is 32.7 Å². The number of fused-ring (bicyclic) bond motifs is 1. The van der Waals surface area contributed by atoms with Gasteiger partial charge in [-0.3, -0.25) is 13.9 Å². The van der Waals surface area contributed by atoms with Crippen LogP contribution in [0.4, 0.5) is 5.69 Å². The van der Waals surface area contributed by atoms with Crippen LogP contribution >= 0.6 is 23.2 Å². The molecule has 0 aromatic heterocycles. The van der Waals surface area contributed by atoms with E-state index in [1.807, 2.05) is 20.8 Å². The first-order valence-electron chi connectivity index (χ1n) is 13.8. The second-order valence-electron chi connectivity index (χ2n) is 11.1. The van der Waals surface area contributed by atoms with E-state index in [-0.39, 0.29) is 29.5 Å². The standard InChI is InChI=1S/C31H35Cl2N3O6S/c1-5-26(30(38)34-31(2,3)4)35(19-21-11-12-22(32)17-25(21)33)29(37)20-36(43(39,40)24-9-7-6-8-10-24)23-13-14-27-28(18-23)42-16-15-41-27/h6-14,17-18,26H,5,15-16,19-20H2,1-4H3,(H,34,38)/t26-/m1/s1. The molecule has 43 heavy (non-hydrogen) atoms. The number of amides is 2. The molecule has 0 spiro atoms. The number of sulfonamides is 1. The first-order valence-corrected chi connectivity index (χ1v) is 16.0. The lowest BCUT2D eigenvalue weighted by Crippen LogP contribution is -2.55. The van der Waals surface area contributed by atoms with E-state index >= 15 is 0 Å². The van der Waals surface area contributed by atoms with Crippen LogP contribution in [0.5, 0.6) is 11.5 Å². The van der Waals surface area contributed by atoms with Crippen LogP contribution in [-0.4, -0.2) is 56.5 Å². The first kappa shape index (κ1) is 32.4. The van der Waals surface area contributed by atoms with Crippen molar-refractivity contribution in [2.45, 2.75) is 57.1 Å². The van der Waals surface area contributed by atoms with Crippen molar-refractivity contribution in [1.82, 2.24) is 10.2 Å². The molecular weight excluding hydrogens is 613 g/mol. The fourth-order valence-corrected chi connectivity index (χ4v) is 6.54. The van der Waals surface area contributed by atoms with Crippen LogP contribution in [0.25, 0.3) is 0 Å². The van der Waals surface area contributed by atoms with Crippen LogP contribution in [-0.2, 0) is 26.2 Å². The van der Waals surface area contributed by atoms with Gasteiger partial charge in [0.25, 0.3) is 10.0 Å². The molecule has 1 N–H and O–H groups in total.